The fourth-order valence-electron chi connectivity index (χ4n) is 1.53. The van der Waals surface area contributed by atoms with Crippen molar-refractivity contribution in [1.29, 1.82) is 0 Å². The quantitative estimate of drug-likeness (QED) is 0.815. The molecule has 0 saturated carbocycles. The molecule has 0 bridgehead atoms. The van der Waals surface area contributed by atoms with Crippen LogP contribution in [0.1, 0.15) is 30.5 Å². The first-order chi connectivity index (χ1) is 8.04. The van der Waals surface area contributed by atoms with Crippen molar-refractivity contribution in [2.24, 2.45) is 5.73 Å². The van der Waals surface area contributed by atoms with E-state index in [1.165, 1.54) is 0 Å². The highest BCUT2D eigenvalue weighted by Crippen LogP contribution is 2.25. The number of ether oxygens (including phenoxy) is 1. The predicted molar refractivity (Wildman–Crippen MR) is 68.0 cm³/mol. The molecule has 0 spiro atoms. The Morgan fingerprint density at radius 2 is 2.24 bits per heavy atom. The second kappa shape index (κ2) is 6.25. The summed E-state index contributed by atoms with van der Waals surface area (Å²) in [6.45, 7) is 4.29. The van der Waals surface area contributed by atoms with Gasteiger partial charge in [-0.2, -0.15) is 0 Å². The molecule has 4 heteroatoms. The minimum absolute atomic E-state index is 0.0283. The number of benzene rings is 1. The van der Waals surface area contributed by atoms with Gasteiger partial charge in [0, 0.05) is 18.7 Å². The van der Waals surface area contributed by atoms with Gasteiger partial charge in [0.15, 0.2) is 0 Å². The van der Waals surface area contributed by atoms with E-state index >= 15 is 0 Å². The van der Waals surface area contributed by atoms with Gasteiger partial charge < -0.3 is 15.8 Å². The largest absolute Gasteiger partial charge is 0.493 e. The molecule has 0 aliphatic heterocycles. The molecule has 0 fully saturated rings. The van der Waals surface area contributed by atoms with Gasteiger partial charge in [0.2, 0.25) is 5.91 Å². The molecule has 0 aliphatic rings. The molecule has 17 heavy (non-hydrogen) atoms. The molecule has 0 saturated heterocycles. The highest BCUT2D eigenvalue weighted by Gasteiger charge is 2.08. The Bertz CT molecular complexity index is 389. The van der Waals surface area contributed by atoms with Crippen LogP contribution < -0.4 is 15.8 Å². The first-order valence-corrected chi connectivity index (χ1v) is 5.74. The van der Waals surface area contributed by atoms with Crippen LogP contribution in [0.15, 0.2) is 18.2 Å². The van der Waals surface area contributed by atoms with Crippen molar-refractivity contribution in [1.82, 2.24) is 5.32 Å². The topological polar surface area (TPSA) is 64.3 Å². The number of nitrogens with two attached hydrogens (primary N) is 1. The first kappa shape index (κ1) is 13.5. The van der Waals surface area contributed by atoms with E-state index in [2.05, 4.69) is 5.32 Å². The van der Waals surface area contributed by atoms with Crippen LogP contribution in [0.2, 0.25) is 0 Å². The summed E-state index contributed by atoms with van der Waals surface area (Å²) in [5.41, 5.74) is 8.00. The number of aryl methyl sites for hydroxylation is 1. The van der Waals surface area contributed by atoms with Gasteiger partial charge in [-0.1, -0.05) is 17.7 Å². The van der Waals surface area contributed by atoms with Crippen LogP contribution in [0, 0.1) is 6.92 Å². The molecule has 0 radical (unpaired) electrons. The van der Waals surface area contributed by atoms with Crippen LogP contribution in [-0.2, 0) is 4.79 Å². The number of amides is 1. The number of carbonyl (C=O) groups excluding carboxylic acids is 1. The average molecular weight is 236 g/mol. The summed E-state index contributed by atoms with van der Waals surface area (Å²) >= 11 is 0. The molecular formula is C13H20N2O2. The molecule has 1 aromatic carbocycles. The highest BCUT2D eigenvalue weighted by molar-refractivity contribution is 5.75. The second-order valence-corrected chi connectivity index (χ2v) is 4.10. The summed E-state index contributed by atoms with van der Waals surface area (Å²) in [6.07, 6.45) is 0.350. The molecule has 0 aromatic heterocycles. The molecule has 4 nitrogen and oxygen atoms in total. The maximum Gasteiger partial charge on any atom is 0.223 e. The van der Waals surface area contributed by atoms with Gasteiger partial charge in [-0.05, 0) is 19.9 Å². The molecule has 0 aliphatic carbocycles. The van der Waals surface area contributed by atoms with Gasteiger partial charge >= 0.3 is 0 Å². The number of hydrogen-bond donors (Lipinski definition) is 2. The van der Waals surface area contributed by atoms with Crippen molar-refractivity contribution in [3.8, 4) is 5.75 Å². The monoisotopic (exact) mass is 236 g/mol. The van der Waals surface area contributed by atoms with Crippen LogP contribution in [0.3, 0.4) is 0 Å². The van der Waals surface area contributed by atoms with E-state index in [0.717, 1.165) is 16.9 Å². The lowest BCUT2D eigenvalue weighted by Crippen LogP contribution is -2.20. The first-order valence-electron chi connectivity index (χ1n) is 5.74. The fourth-order valence-corrected chi connectivity index (χ4v) is 1.53. The van der Waals surface area contributed by atoms with Crippen molar-refractivity contribution in [2.75, 3.05) is 13.7 Å². The van der Waals surface area contributed by atoms with Crippen LogP contribution >= 0.6 is 0 Å². The van der Waals surface area contributed by atoms with E-state index in [0.29, 0.717) is 13.0 Å². The predicted octanol–water partition coefficient (Wildman–Crippen LogP) is 1.53. The minimum Gasteiger partial charge on any atom is -0.493 e. The zero-order chi connectivity index (χ0) is 12.8. The molecule has 0 heterocycles. The zero-order valence-corrected chi connectivity index (χ0v) is 10.6. The third-order valence-corrected chi connectivity index (χ3v) is 2.52. The summed E-state index contributed by atoms with van der Waals surface area (Å²) in [5, 5.41) is 2.55. The molecule has 1 amide bonds. The molecule has 1 rings (SSSR count). The Hall–Kier alpha value is -1.55. The van der Waals surface area contributed by atoms with Gasteiger partial charge in [0.25, 0.3) is 0 Å². The number of carbonyl (C=O) groups is 1. The van der Waals surface area contributed by atoms with Crippen molar-refractivity contribution in [3.63, 3.8) is 0 Å². The molecule has 1 atom stereocenters. The van der Waals surface area contributed by atoms with Crippen LogP contribution in [0.4, 0.5) is 0 Å². The summed E-state index contributed by atoms with van der Waals surface area (Å²) in [5.74, 6) is 0.731. The maximum absolute atomic E-state index is 11.1. The minimum atomic E-state index is -0.0788. The Balaban J connectivity index is 2.67. The standard InChI is InChI=1S/C13H20N2O2/c1-9-4-5-12(11(8-9)10(2)14)17-7-6-13(16)15-3/h4-5,8,10H,6-7,14H2,1-3H3,(H,15,16)/t10-/m1/s1. The molecule has 1 aromatic rings. The highest BCUT2D eigenvalue weighted by atomic mass is 16.5. The van der Waals surface area contributed by atoms with E-state index < -0.39 is 0 Å². The molecule has 94 valence electrons. The Morgan fingerprint density at radius 1 is 1.53 bits per heavy atom. The van der Waals surface area contributed by atoms with Crippen molar-refractivity contribution < 1.29 is 9.53 Å². The fraction of sp³-hybridized carbons (Fsp3) is 0.462. The Labute approximate surface area is 102 Å². The van der Waals surface area contributed by atoms with Gasteiger partial charge in [-0.15, -0.1) is 0 Å². The number of rotatable bonds is 5. The maximum atomic E-state index is 11.1. The van der Waals surface area contributed by atoms with Gasteiger partial charge in [-0.25, -0.2) is 0 Å². The number of hydrogen-bond acceptors (Lipinski definition) is 3. The van der Waals surface area contributed by atoms with E-state index in [1.807, 2.05) is 32.0 Å². The van der Waals surface area contributed by atoms with Crippen molar-refractivity contribution >= 4 is 5.91 Å². The third-order valence-electron chi connectivity index (χ3n) is 2.52. The Kier molecular flexibility index (Phi) is 4.97. The summed E-state index contributed by atoms with van der Waals surface area (Å²) in [7, 11) is 1.61. The van der Waals surface area contributed by atoms with E-state index in [9.17, 15) is 4.79 Å². The van der Waals surface area contributed by atoms with Crippen LogP contribution in [-0.4, -0.2) is 19.6 Å². The van der Waals surface area contributed by atoms with Crippen LogP contribution in [0.25, 0.3) is 0 Å². The summed E-state index contributed by atoms with van der Waals surface area (Å²) < 4.78 is 5.59. The van der Waals surface area contributed by atoms with E-state index in [-0.39, 0.29) is 11.9 Å². The van der Waals surface area contributed by atoms with Crippen LogP contribution in [0.5, 0.6) is 5.75 Å². The second-order valence-electron chi connectivity index (χ2n) is 4.10. The smallest absolute Gasteiger partial charge is 0.223 e. The van der Waals surface area contributed by atoms with E-state index in [1.54, 1.807) is 7.05 Å². The molecule has 3 N–H and O–H groups in total. The number of nitrogens with one attached hydrogen (secondary N) is 1. The summed E-state index contributed by atoms with van der Waals surface area (Å²) in [4.78, 5) is 11.1. The van der Waals surface area contributed by atoms with Gasteiger partial charge in [0.1, 0.15) is 5.75 Å². The summed E-state index contributed by atoms with van der Waals surface area (Å²) in [6, 6.07) is 5.81. The van der Waals surface area contributed by atoms with Crippen molar-refractivity contribution in [3.05, 3.63) is 29.3 Å². The zero-order valence-electron chi connectivity index (χ0n) is 10.6. The van der Waals surface area contributed by atoms with E-state index in [4.69, 9.17) is 10.5 Å². The SMILES string of the molecule is CNC(=O)CCOc1ccc(C)cc1[C@@H](C)N. The lowest BCUT2D eigenvalue weighted by molar-refractivity contribution is -0.121. The van der Waals surface area contributed by atoms with Crippen molar-refractivity contribution in [2.45, 2.75) is 26.3 Å². The van der Waals surface area contributed by atoms with Gasteiger partial charge in [-0.3, -0.25) is 4.79 Å². The normalized spacial score (nSPS) is 12.0. The lowest BCUT2D eigenvalue weighted by Gasteiger charge is -2.14. The third kappa shape index (κ3) is 4.07. The van der Waals surface area contributed by atoms with Gasteiger partial charge in [0.05, 0.1) is 13.0 Å². The average Bonchev–Trinajstić information content (AvgIpc) is 2.30. The Morgan fingerprint density at radius 3 is 2.82 bits per heavy atom. The lowest BCUT2D eigenvalue weighted by atomic mass is 10.1. The molecule has 0 unspecified atom stereocenters. The molecular weight excluding hydrogens is 216 g/mol.